The van der Waals surface area contributed by atoms with Gasteiger partial charge in [0.2, 0.25) is 0 Å². The van der Waals surface area contributed by atoms with Gasteiger partial charge < -0.3 is 10.1 Å². The first kappa shape index (κ1) is 13.5. The van der Waals surface area contributed by atoms with Crippen LogP contribution in [0, 0.1) is 0 Å². The average molecular weight is 268 g/mol. The Labute approximate surface area is 115 Å². The third-order valence-electron chi connectivity index (χ3n) is 2.60. The first-order valence-electron chi connectivity index (χ1n) is 5.83. The van der Waals surface area contributed by atoms with E-state index in [-0.39, 0.29) is 5.91 Å². The topological polar surface area (TPSA) is 87.1 Å². The number of azide groups is 1. The van der Waals surface area contributed by atoms with E-state index >= 15 is 0 Å². The largest absolute Gasteiger partial charge is 0.497 e. The zero-order valence-corrected chi connectivity index (χ0v) is 10.8. The molecule has 0 heterocycles. The molecule has 0 saturated carbocycles. The summed E-state index contributed by atoms with van der Waals surface area (Å²) in [5.41, 5.74) is 9.82. The van der Waals surface area contributed by atoms with Gasteiger partial charge in [-0.05, 0) is 29.8 Å². The lowest BCUT2D eigenvalue weighted by Crippen LogP contribution is -2.11. The number of benzene rings is 2. The molecule has 2 aromatic carbocycles. The summed E-state index contributed by atoms with van der Waals surface area (Å²) < 4.78 is 5.09. The predicted molar refractivity (Wildman–Crippen MR) is 76.2 cm³/mol. The number of anilines is 1. The van der Waals surface area contributed by atoms with Gasteiger partial charge in [0.25, 0.3) is 5.91 Å². The van der Waals surface area contributed by atoms with Gasteiger partial charge in [-0.25, -0.2) is 0 Å². The van der Waals surface area contributed by atoms with Crippen LogP contribution in [0.2, 0.25) is 0 Å². The van der Waals surface area contributed by atoms with Crippen molar-refractivity contribution in [3.8, 4) is 5.75 Å². The molecule has 0 unspecified atom stereocenters. The molecule has 1 amide bonds. The van der Waals surface area contributed by atoms with E-state index in [2.05, 4.69) is 15.3 Å². The number of carbonyl (C=O) groups is 1. The number of hydrogen-bond donors (Lipinski definition) is 1. The molecule has 2 aromatic rings. The van der Waals surface area contributed by atoms with Crippen LogP contribution in [-0.4, -0.2) is 13.0 Å². The van der Waals surface area contributed by atoms with Gasteiger partial charge >= 0.3 is 0 Å². The Morgan fingerprint density at radius 1 is 1.25 bits per heavy atom. The van der Waals surface area contributed by atoms with E-state index in [4.69, 9.17) is 10.3 Å². The van der Waals surface area contributed by atoms with Crippen molar-refractivity contribution in [2.24, 2.45) is 5.11 Å². The molecule has 0 fully saturated rings. The number of rotatable bonds is 4. The first-order valence-corrected chi connectivity index (χ1v) is 5.83. The van der Waals surface area contributed by atoms with Crippen molar-refractivity contribution < 1.29 is 9.53 Å². The smallest absolute Gasteiger partial charge is 0.255 e. The van der Waals surface area contributed by atoms with Crippen molar-refractivity contribution in [1.29, 1.82) is 0 Å². The lowest BCUT2D eigenvalue weighted by atomic mass is 10.2. The molecule has 2 rings (SSSR count). The molecule has 0 aliphatic carbocycles. The fourth-order valence-corrected chi connectivity index (χ4v) is 1.67. The highest BCUT2D eigenvalue weighted by Gasteiger charge is 2.06. The number of ether oxygens (including phenoxy) is 1. The molecule has 6 heteroatoms. The van der Waals surface area contributed by atoms with Crippen LogP contribution in [0.5, 0.6) is 5.75 Å². The standard InChI is InChI=1S/C14H12N4O2/c1-20-13-7-3-5-11(9-13)16-14(19)10-4-2-6-12(8-10)17-18-15/h2-9H,1H3,(H,16,19). The summed E-state index contributed by atoms with van der Waals surface area (Å²) >= 11 is 0. The van der Waals surface area contributed by atoms with Crippen molar-refractivity contribution in [1.82, 2.24) is 0 Å². The molecule has 6 nitrogen and oxygen atoms in total. The highest BCUT2D eigenvalue weighted by atomic mass is 16.5. The number of carbonyl (C=O) groups excluding carboxylic acids is 1. The normalized spacial score (nSPS) is 9.45. The molecule has 100 valence electrons. The Bertz CT molecular complexity index is 678. The van der Waals surface area contributed by atoms with Gasteiger partial charge in [-0.2, -0.15) is 0 Å². The van der Waals surface area contributed by atoms with Crippen LogP contribution in [0.4, 0.5) is 11.4 Å². The predicted octanol–water partition coefficient (Wildman–Crippen LogP) is 3.89. The molecular weight excluding hydrogens is 256 g/mol. The second-order valence-corrected chi connectivity index (χ2v) is 3.93. The Morgan fingerprint density at radius 2 is 2.05 bits per heavy atom. The zero-order valence-electron chi connectivity index (χ0n) is 10.8. The van der Waals surface area contributed by atoms with Gasteiger partial charge in [0.05, 0.1) is 7.11 Å². The van der Waals surface area contributed by atoms with E-state index in [1.54, 1.807) is 49.6 Å². The number of hydrogen-bond acceptors (Lipinski definition) is 3. The summed E-state index contributed by atoms with van der Waals surface area (Å²) in [6.45, 7) is 0. The number of nitrogens with one attached hydrogen (secondary N) is 1. The van der Waals surface area contributed by atoms with Crippen LogP contribution in [0.25, 0.3) is 10.4 Å². The summed E-state index contributed by atoms with van der Waals surface area (Å²) in [5.74, 6) is 0.374. The Balaban J connectivity index is 2.19. The number of amides is 1. The lowest BCUT2D eigenvalue weighted by molar-refractivity contribution is 0.102. The fraction of sp³-hybridized carbons (Fsp3) is 0.0714. The maximum absolute atomic E-state index is 12.1. The minimum Gasteiger partial charge on any atom is -0.497 e. The molecule has 20 heavy (non-hydrogen) atoms. The molecule has 0 aliphatic rings. The average Bonchev–Trinajstić information content (AvgIpc) is 2.48. The monoisotopic (exact) mass is 268 g/mol. The number of methoxy groups -OCH3 is 1. The SMILES string of the molecule is COc1cccc(NC(=O)c2cccc(N=[N+]=[N-])c2)c1. The minimum atomic E-state index is -0.284. The number of nitrogens with zero attached hydrogens (tertiary/aromatic N) is 3. The lowest BCUT2D eigenvalue weighted by Gasteiger charge is -2.07. The fourth-order valence-electron chi connectivity index (χ4n) is 1.67. The van der Waals surface area contributed by atoms with Gasteiger partial charge in [0.1, 0.15) is 5.75 Å². The highest BCUT2D eigenvalue weighted by Crippen LogP contribution is 2.19. The third kappa shape index (κ3) is 3.28. The van der Waals surface area contributed by atoms with Crippen LogP contribution in [0.1, 0.15) is 10.4 Å². The summed E-state index contributed by atoms with van der Waals surface area (Å²) in [4.78, 5) is 14.8. The summed E-state index contributed by atoms with van der Waals surface area (Å²) in [5, 5.41) is 6.21. The van der Waals surface area contributed by atoms with Crippen molar-refractivity contribution >= 4 is 17.3 Å². The van der Waals surface area contributed by atoms with Crippen LogP contribution in [0.15, 0.2) is 53.6 Å². The molecule has 0 aliphatic heterocycles. The summed E-state index contributed by atoms with van der Waals surface area (Å²) in [6.07, 6.45) is 0. The van der Waals surface area contributed by atoms with Crippen LogP contribution >= 0.6 is 0 Å². The van der Waals surface area contributed by atoms with Crippen LogP contribution in [0.3, 0.4) is 0 Å². The second-order valence-electron chi connectivity index (χ2n) is 3.93. The van der Waals surface area contributed by atoms with Gasteiger partial charge in [0.15, 0.2) is 0 Å². The third-order valence-corrected chi connectivity index (χ3v) is 2.60. The van der Waals surface area contributed by atoms with E-state index in [1.807, 2.05) is 0 Å². The molecule has 0 saturated heterocycles. The molecule has 0 aromatic heterocycles. The Kier molecular flexibility index (Phi) is 4.21. The minimum absolute atomic E-state index is 0.284. The highest BCUT2D eigenvalue weighted by molar-refractivity contribution is 6.04. The van der Waals surface area contributed by atoms with Crippen LogP contribution < -0.4 is 10.1 Å². The van der Waals surface area contributed by atoms with E-state index in [0.717, 1.165) is 0 Å². The van der Waals surface area contributed by atoms with E-state index < -0.39 is 0 Å². The van der Waals surface area contributed by atoms with Crippen molar-refractivity contribution in [3.05, 3.63) is 64.5 Å². The molecule has 0 atom stereocenters. The van der Waals surface area contributed by atoms with Gasteiger partial charge in [-0.3, -0.25) is 4.79 Å². The van der Waals surface area contributed by atoms with Crippen LogP contribution in [-0.2, 0) is 0 Å². The molecule has 0 spiro atoms. The first-order chi connectivity index (χ1) is 9.72. The van der Waals surface area contributed by atoms with E-state index in [9.17, 15) is 4.79 Å². The van der Waals surface area contributed by atoms with Crippen molar-refractivity contribution in [2.75, 3.05) is 12.4 Å². The molecule has 0 bridgehead atoms. The van der Waals surface area contributed by atoms with Gasteiger partial charge in [0, 0.05) is 27.9 Å². The molecule has 0 radical (unpaired) electrons. The maximum atomic E-state index is 12.1. The van der Waals surface area contributed by atoms with Crippen molar-refractivity contribution in [3.63, 3.8) is 0 Å². The summed E-state index contributed by atoms with van der Waals surface area (Å²) in [6, 6.07) is 13.5. The maximum Gasteiger partial charge on any atom is 0.255 e. The second kappa shape index (κ2) is 6.26. The Morgan fingerprint density at radius 3 is 2.80 bits per heavy atom. The molecular formula is C14H12N4O2. The van der Waals surface area contributed by atoms with E-state index in [0.29, 0.717) is 22.7 Å². The Hall–Kier alpha value is -2.98. The van der Waals surface area contributed by atoms with E-state index in [1.165, 1.54) is 6.07 Å². The summed E-state index contributed by atoms with van der Waals surface area (Å²) in [7, 11) is 1.56. The molecule has 1 N–H and O–H groups in total. The van der Waals surface area contributed by atoms with Crippen molar-refractivity contribution in [2.45, 2.75) is 0 Å². The van der Waals surface area contributed by atoms with Gasteiger partial charge in [-0.1, -0.05) is 23.3 Å². The zero-order chi connectivity index (χ0) is 14.4. The van der Waals surface area contributed by atoms with Gasteiger partial charge in [-0.15, -0.1) is 0 Å². The quantitative estimate of drug-likeness (QED) is 0.518.